The number of carbonyl (C=O) groups is 1. The molecule has 0 aromatic heterocycles. The lowest BCUT2D eigenvalue weighted by atomic mass is 10.1. The van der Waals surface area contributed by atoms with Crippen LogP contribution in [0.25, 0.3) is 0 Å². The van der Waals surface area contributed by atoms with Crippen molar-refractivity contribution in [1.82, 2.24) is 4.90 Å². The number of rotatable bonds is 3. The molecule has 98 valence electrons. The Labute approximate surface area is 107 Å². The Hall–Kier alpha value is -1.27. The van der Waals surface area contributed by atoms with E-state index in [-0.39, 0.29) is 5.56 Å². The zero-order valence-electron chi connectivity index (χ0n) is 9.76. The fraction of sp³-hybridized carbons (Fsp3) is 0.417. The number of hydrogen-bond donors (Lipinski definition) is 1. The lowest BCUT2D eigenvalue weighted by molar-refractivity contribution is 0.0691. The molecule has 0 atom stereocenters. The molecule has 0 bridgehead atoms. The molecule has 1 N–H and O–H groups in total. The first kappa shape index (κ1) is 13.2. The van der Waals surface area contributed by atoms with Crippen molar-refractivity contribution in [3.8, 4) is 0 Å². The molecule has 0 saturated carbocycles. The second-order valence-corrected chi connectivity index (χ2v) is 5.94. The summed E-state index contributed by atoms with van der Waals surface area (Å²) in [4.78, 5) is 12.9. The summed E-state index contributed by atoms with van der Waals surface area (Å²) in [5, 5.41) is 8.84. The minimum absolute atomic E-state index is 0.298. The van der Waals surface area contributed by atoms with Crippen LogP contribution in [0.15, 0.2) is 18.2 Å². The van der Waals surface area contributed by atoms with Gasteiger partial charge in [0.2, 0.25) is 0 Å². The van der Waals surface area contributed by atoms with E-state index >= 15 is 0 Å². The Morgan fingerprint density at radius 3 is 2.67 bits per heavy atom. The van der Waals surface area contributed by atoms with Crippen LogP contribution in [-0.2, 0) is 17.3 Å². The summed E-state index contributed by atoms with van der Waals surface area (Å²) < 4.78 is 24.4. The van der Waals surface area contributed by atoms with Crippen LogP contribution in [-0.4, -0.2) is 44.8 Å². The van der Waals surface area contributed by atoms with Crippen LogP contribution >= 0.6 is 0 Å². The van der Waals surface area contributed by atoms with E-state index in [0.29, 0.717) is 18.1 Å². The molecule has 18 heavy (non-hydrogen) atoms. The minimum Gasteiger partial charge on any atom is -0.478 e. The van der Waals surface area contributed by atoms with Gasteiger partial charge < -0.3 is 5.11 Å². The summed E-state index contributed by atoms with van der Waals surface area (Å²) in [6.07, 6.45) is 0. The normalized spacial score (nSPS) is 17.8. The highest BCUT2D eigenvalue weighted by atomic mass is 32.2. The molecule has 0 amide bonds. The molecule has 0 radical (unpaired) electrons. The van der Waals surface area contributed by atoms with E-state index in [1.54, 1.807) is 6.07 Å². The number of benzene rings is 1. The van der Waals surface area contributed by atoms with Gasteiger partial charge in [-0.15, -0.1) is 0 Å². The van der Waals surface area contributed by atoms with E-state index in [0.717, 1.165) is 18.7 Å². The van der Waals surface area contributed by atoms with E-state index in [4.69, 9.17) is 5.11 Å². The smallest absolute Gasteiger partial charge is 0.338 e. The van der Waals surface area contributed by atoms with Gasteiger partial charge in [0.05, 0.1) is 5.56 Å². The number of carboxylic acid groups (broad SMARTS) is 1. The highest BCUT2D eigenvalue weighted by Gasteiger charge is 2.16. The third kappa shape index (κ3) is 3.14. The van der Waals surface area contributed by atoms with Crippen LogP contribution in [0.5, 0.6) is 0 Å². The van der Waals surface area contributed by atoms with Gasteiger partial charge in [-0.2, -0.15) is 0 Å². The minimum atomic E-state index is -1.26. The molecular weight excluding hydrogens is 257 g/mol. The van der Waals surface area contributed by atoms with E-state index in [1.807, 2.05) is 0 Å². The molecule has 1 aliphatic rings. The van der Waals surface area contributed by atoms with Crippen LogP contribution in [0, 0.1) is 5.82 Å². The van der Waals surface area contributed by atoms with Gasteiger partial charge in [-0.1, -0.05) is 6.07 Å². The van der Waals surface area contributed by atoms with Crippen LogP contribution < -0.4 is 0 Å². The summed E-state index contributed by atoms with van der Waals surface area (Å²) >= 11 is 0. The second kappa shape index (κ2) is 5.58. The molecule has 4 nitrogen and oxygen atoms in total. The topological polar surface area (TPSA) is 57.6 Å². The maximum Gasteiger partial charge on any atom is 0.338 e. The monoisotopic (exact) mass is 271 g/mol. The molecule has 1 aliphatic heterocycles. The van der Waals surface area contributed by atoms with Gasteiger partial charge in [-0.3, -0.25) is 9.11 Å². The second-order valence-electron chi connectivity index (χ2n) is 4.24. The zero-order valence-corrected chi connectivity index (χ0v) is 10.6. The Kier molecular flexibility index (Phi) is 4.08. The largest absolute Gasteiger partial charge is 0.478 e. The quantitative estimate of drug-likeness (QED) is 0.894. The molecular formula is C12H14FNO3S. The van der Waals surface area contributed by atoms with Crippen molar-refractivity contribution in [1.29, 1.82) is 0 Å². The number of carboxylic acids is 1. The van der Waals surface area contributed by atoms with Gasteiger partial charge in [0.25, 0.3) is 0 Å². The molecule has 1 saturated heterocycles. The number of halogens is 1. The first-order valence-electron chi connectivity index (χ1n) is 5.65. The molecule has 1 heterocycles. The van der Waals surface area contributed by atoms with Crippen LogP contribution in [0.4, 0.5) is 4.39 Å². The van der Waals surface area contributed by atoms with E-state index in [9.17, 15) is 13.4 Å². The van der Waals surface area contributed by atoms with Gasteiger partial charge in [-0.05, 0) is 17.7 Å². The number of nitrogens with zero attached hydrogens (tertiary/aromatic N) is 1. The Balaban J connectivity index is 2.07. The molecule has 1 fully saturated rings. The predicted molar refractivity (Wildman–Crippen MR) is 66.5 cm³/mol. The molecule has 6 heteroatoms. The Bertz CT molecular complexity index is 482. The average Bonchev–Trinajstić information content (AvgIpc) is 2.34. The highest BCUT2D eigenvalue weighted by Crippen LogP contribution is 2.13. The van der Waals surface area contributed by atoms with Crippen molar-refractivity contribution in [3.63, 3.8) is 0 Å². The fourth-order valence-electron chi connectivity index (χ4n) is 1.93. The molecule has 0 unspecified atom stereocenters. The summed E-state index contributed by atoms with van der Waals surface area (Å²) in [5.41, 5.74) is 0.467. The zero-order chi connectivity index (χ0) is 13.1. The van der Waals surface area contributed by atoms with Crippen LogP contribution in [0.2, 0.25) is 0 Å². The van der Waals surface area contributed by atoms with Crippen LogP contribution in [0.3, 0.4) is 0 Å². The van der Waals surface area contributed by atoms with Gasteiger partial charge in [0.1, 0.15) is 5.82 Å². The van der Waals surface area contributed by atoms with Crippen molar-refractivity contribution in [2.75, 3.05) is 24.6 Å². The van der Waals surface area contributed by atoms with Gasteiger partial charge in [0.15, 0.2) is 0 Å². The number of hydrogen-bond acceptors (Lipinski definition) is 3. The van der Waals surface area contributed by atoms with Crippen molar-refractivity contribution in [3.05, 3.63) is 35.1 Å². The first-order valence-corrected chi connectivity index (χ1v) is 7.14. The summed E-state index contributed by atoms with van der Waals surface area (Å²) in [5.74, 6) is -0.681. The van der Waals surface area contributed by atoms with Crippen LogP contribution in [0.1, 0.15) is 15.9 Å². The Morgan fingerprint density at radius 2 is 2.06 bits per heavy atom. The maximum atomic E-state index is 13.2. The van der Waals surface area contributed by atoms with Gasteiger partial charge in [0, 0.05) is 41.9 Å². The Morgan fingerprint density at radius 1 is 1.39 bits per heavy atom. The van der Waals surface area contributed by atoms with Gasteiger partial charge >= 0.3 is 5.97 Å². The first-order chi connectivity index (χ1) is 8.56. The highest BCUT2D eigenvalue weighted by molar-refractivity contribution is 7.85. The standard InChI is InChI=1S/C12H14FNO3S/c13-11-2-1-9(7-10(11)12(15)16)8-14-3-5-18(17)6-4-14/h1-2,7H,3-6,8H2,(H,15,16). The fourth-order valence-corrected chi connectivity index (χ4v) is 3.05. The summed E-state index contributed by atoms with van der Waals surface area (Å²) in [6.45, 7) is 2.02. The predicted octanol–water partition coefficient (Wildman–Crippen LogP) is 1.09. The third-order valence-corrected chi connectivity index (χ3v) is 4.21. The van der Waals surface area contributed by atoms with Crippen molar-refractivity contribution >= 4 is 16.8 Å². The molecule has 0 aliphatic carbocycles. The summed E-state index contributed by atoms with van der Waals surface area (Å²) in [7, 11) is -0.730. The van der Waals surface area contributed by atoms with Crippen molar-refractivity contribution < 1.29 is 18.5 Å². The van der Waals surface area contributed by atoms with E-state index < -0.39 is 22.6 Å². The van der Waals surface area contributed by atoms with Gasteiger partial charge in [-0.25, -0.2) is 9.18 Å². The lowest BCUT2D eigenvalue weighted by Crippen LogP contribution is -2.37. The van der Waals surface area contributed by atoms with E-state index in [2.05, 4.69) is 4.90 Å². The lowest BCUT2D eigenvalue weighted by Gasteiger charge is -2.26. The SMILES string of the molecule is O=C(O)c1cc(CN2CCS(=O)CC2)ccc1F. The maximum absolute atomic E-state index is 13.2. The molecule has 1 aromatic carbocycles. The van der Waals surface area contributed by atoms with E-state index in [1.165, 1.54) is 12.1 Å². The third-order valence-electron chi connectivity index (χ3n) is 2.94. The summed E-state index contributed by atoms with van der Waals surface area (Å²) in [6, 6.07) is 4.14. The molecule has 1 aromatic rings. The number of aromatic carboxylic acids is 1. The van der Waals surface area contributed by atoms with Crippen molar-refractivity contribution in [2.24, 2.45) is 0 Å². The molecule has 2 rings (SSSR count). The average molecular weight is 271 g/mol. The van der Waals surface area contributed by atoms with Crippen molar-refractivity contribution in [2.45, 2.75) is 6.54 Å². The molecule has 0 spiro atoms.